The van der Waals surface area contributed by atoms with Crippen LogP contribution in [-0.4, -0.2) is 50.0 Å². The van der Waals surface area contributed by atoms with Gasteiger partial charge in [-0.2, -0.15) is 0 Å². The maximum atomic E-state index is 12.5. The number of carbonyl (C=O) groups excluding carboxylic acids is 2. The van der Waals surface area contributed by atoms with Gasteiger partial charge in [0.15, 0.2) is 0 Å². The van der Waals surface area contributed by atoms with Crippen LogP contribution in [0.3, 0.4) is 0 Å². The van der Waals surface area contributed by atoms with Gasteiger partial charge in [0.05, 0.1) is 6.33 Å². The number of nitrogens with zero attached hydrogens (tertiary/aromatic N) is 1. The van der Waals surface area contributed by atoms with E-state index in [4.69, 9.17) is 0 Å². The van der Waals surface area contributed by atoms with Gasteiger partial charge in [0, 0.05) is 31.7 Å². The number of aromatic nitrogens is 2. The lowest BCUT2D eigenvalue weighted by atomic mass is 10.0. The highest BCUT2D eigenvalue weighted by Crippen LogP contribution is 2.11. The molecule has 0 radical (unpaired) electrons. The van der Waals surface area contributed by atoms with E-state index in [2.05, 4.69) is 20.6 Å². The molecule has 1 heterocycles. The van der Waals surface area contributed by atoms with Crippen molar-refractivity contribution >= 4 is 17.8 Å². The van der Waals surface area contributed by atoms with Crippen molar-refractivity contribution in [2.24, 2.45) is 0 Å². The van der Waals surface area contributed by atoms with Gasteiger partial charge in [-0.15, -0.1) is 0 Å². The Morgan fingerprint density at radius 2 is 1.81 bits per heavy atom. The predicted octanol–water partition coefficient (Wildman–Crippen LogP) is -0.0254. The smallest absolute Gasteiger partial charge is 0.326 e. The summed E-state index contributed by atoms with van der Waals surface area (Å²) in [6.45, 7) is 1.28. The van der Waals surface area contributed by atoms with Gasteiger partial charge >= 0.3 is 5.97 Å². The maximum absolute atomic E-state index is 12.5. The number of aliphatic carboxylic acids is 1. The summed E-state index contributed by atoms with van der Waals surface area (Å²) in [5.74, 6) is -2.15. The van der Waals surface area contributed by atoms with Crippen molar-refractivity contribution in [3.05, 3.63) is 48.0 Å². The molecule has 0 bridgehead atoms. The zero-order chi connectivity index (χ0) is 19.1. The fourth-order valence-electron chi connectivity index (χ4n) is 2.41. The molecule has 9 nitrogen and oxygen atoms in total. The topological polar surface area (TPSA) is 144 Å². The molecule has 138 valence electrons. The molecule has 0 aliphatic rings. The molecule has 2 rings (SSSR count). The third-order valence-corrected chi connectivity index (χ3v) is 3.66. The number of carboxylic acids is 1. The number of phenolic OH excluding ortho intramolecular Hbond substituents is 1. The largest absolute Gasteiger partial charge is 0.508 e. The zero-order valence-electron chi connectivity index (χ0n) is 14.1. The minimum atomic E-state index is -1.20. The molecule has 0 unspecified atom stereocenters. The van der Waals surface area contributed by atoms with E-state index in [0.717, 1.165) is 0 Å². The number of benzene rings is 1. The summed E-state index contributed by atoms with van der Waals surface area (Å²) in [5, 5.41) is 23.6. The van der Waals surface area contributed by atoms with Crippen LogP contribution in [0.5, 0.6) is 5.75 Å². The van der Waals surface area contributed by atoms with Crippen LogP contribution < -0.4 is 10.6 Å². The summed E-state index contributed by atoms with van der Waals surface area (Å²) in [4.78, 5) is 42.1. The van der Waals surface area contributed by atoms with Crippen LogP contribution in [0.1, 0.15) is 18.2 Å². The van der Waals surface area contributed by atoms with Gasteiger partial charge in [-0.25, -0.2) is 9.78 Å². The fourth-order valence-corrected chi connectivity index (χ4v) is 2.41. The molecule has 9 heteroatoms. The number of nitrogens with one attached hydrogen (secondary N) is 3. The summed E-state index contributed by atoms with van der Waals surface area (Å²) in [6.07, 6.45) is 3.16. The molecule has 1 aromatic heterocycles. The first-order chi connectivity index (χ1) is 12.3. The first-order valence-electron chi connectivity index (χ1n) is 7.90. The number of amides is 2. The Bertz CT molecular complexity index is 758. The molecule has 0 saturated heterocycles. The van der Waals surface area contributed by atoms with Crippen LogP contribution >= 0.6 is 0 Å². The lowest BCUT2D eigenvalue weighted by Gasteiger charge is -2.20. The summed E-state index contributed by atoms with van der Waals surface area (Å²) in [6, 6.07) is 3.92. The Kier molecular flexibility index (Phi) is 6.31. The molecule has 0 aliphatic heterocycles. The van der Waals surface area contributed by atoms with Gasteiger partial charge in [-0.1, -0.05) is 12.1 Å². The van der Waals surface area contributed by atoms with E-state index in [0.29, 0.717) is 11.3 Å². The van der Waals surface area contributed by atoms with Crippen molar-refractivity contribution in [2.75, 3.05) is 0 Å². The predicted molar refractivity (Wildman–Crippen MR) is 91.3 cm³/mol. The molecule has 2 amide bonds. The maximum Gasteiger partial charge on any atom is 0.326 e. The number of hydrogen-bond donors (Lipinski definition) is 5. The second kappa shape index (κ2) is 8.65. The molecule has 0 saturated carbocycles. The molecule has 0 fully saturated rings. The monoisotopic (exact) mass is 360 g/mol. The molecule has 1 aromatic carbocycles. The number of rotatable bonds is 8. The van der Waals surface area contributed by atoms with Gasteiger partial charge < -0.3 is 25.8 Å². The number of imidazole rings is 1. The van der Waals surface area contributed by atoms with Crippen molar-refractivity contribution in [2.45, 2.75) is 31.8 Å². The summed E-state index contributed by atoms with van der Waals surface area (Å²) >= 11 is 0. The Morgan fingerprint density at radius 1 is 1.12 bits per heavy atom. The van der Waals surface area contributed by atoms with Gasteiger partial charge in [-0.3, -0.25) is 9.59 Å². The average molecular weight is 360 g/mol. The van der Waals surface area contributed by atoms with E-state index in [9.17, 15) is 24.6 Å². The minimum Gasteiger partial charge on any atom is -0.508 e. The molecule has 2 aromatic rings. The van der Waals surface area contributed by atoms with Gasteiger partial charge in [0.25, 0.3) is 0 Å². The fraction of sp³-hybridized carbons (Fsp3) is 0.294. The Hall–Kier alpha value is -3.36. The van der Waals surface area contributed by atoms with Crippen LogP contribution in [0, 0.1) is 0 Å². The van der Waals surface area contributed by atoms with Crippen LogP contribution in [0.4, 0.5) is 0 Å². The summed E-state index contributed by atoms with van der Waals surface area (Å²) < 4.78 is 0. The first-order valence-corrected chi connectivity index (χ1v) is 7.90. The van der Waals surface area contributed by atoms with E-state index in [-0.39, 0.29) is 18.6 Å². The second-order valence-corrected chi connectivity index (χ2v) is 5.80. The van der Waals surface area contributed by atoms with Gasteiger partial charge in [0.1, 0.15) is 17.8 Å². The van der Waals surface area contributed by atoms with E-state index in [1.54, 1.807) is 12.1 Å². The molecule has 5 N–H and O–H groups in total. The third kappa shape index (κ3) is 5.62. The van der Waals surface area contributed by atoms with Crippen molar-refractivity contribution in [3.63, 3.8) is 0 Å². The number of carbonyl (C=O) groups is 3. The lowest BCUT2D eigenvalue weighted by molar-refractivity contribution is -0.142. The third-order valence-electron chi connectivity index (χ3n) is 3.66. The quantitative estimate of drug-likeness (QED) is 0.447. The summed E-state index contributed by atoms with van der Waals surface area (Å²) in [5.41, 5.74) is 1.27. The summed E-state index contributed by atoms with van der Waals surface area (Å²) in [7, 11) is 0. The highest BCUT2D eigenvalue weighted by atomic mass is 16.4. The lowest BCUT2D eigenvalue weighted by Crippen LogP contribution is -2.52. The van der Waals surface area contributed by atoms with Crippen molar-refractivity contribution in [1.29, 1.82) is 0 Å². The van der Waals surface area contributed by atoms with Gasteiger partial charge in [-0.05, 0) is 17.7 Å². The zero-order valence-corrected chi connectivity index (χ0v) is 14.1. The van der Waals surface area contributed by atoms with E-state index < -0.39 is 29.9 Å². The molecular weight excluding hydrogens is 340 g/mol. The number of carboxylic acid groups (broad SMARTS) is 1. The van der Waals surface area contributed by atoms with E-state index in [1.807, 2.05) is 0 Å². The molecular formula is C17H20N4O5. The number of H-pyrrole nitrogens is 1. The number of aromatic amines is 1. The molecule has 0 aliphatic carbocycles. The van der Waals surface area contributed by atoms with E-state index in [1.165, 1.54) is 31.6 Å². The molecule has 26 heavy (non-hydrogen) atoms. The first kappa shape index (κ1) is 19.0. The normalized spacial score (nSPS) is 12.8. The molecule has 0 spiro atoms. The SMILES string of the molecule is CC(=O)N[C@@H](Cc1cnc[nH]1)C(=O)N[C@@H](Cc1ccc(O)cc1)C(=O)O. The van der Waals surface area contributed by atoms with Crippen LogP contribution in [-0.2, 0) is 27.2 Å². The van der Waals surface area contributed by atoms with Gasteiger partial charge in [0.2, 0.25) is 11.8 Å². The Balaban J connectivity index is 2.08. The van der Waals surface area contributed by atoms with E-state index >= 15 is 0 Å². The van der Waals surface area contributed by atoms with Crippen LogP contribution in [0.15, 0.2) is 36.8 Å². The van der Waals surface area contributed by atoms with Crippen molar-refractivity contribution in [3.8, 4) is 5.75 Å². The van der Waals surface area contributed by atoms with Crippen molar-refractivity contribution in [1.82, 2.24) is 20.6 Å². The Morgan fingerprint density at radius 3 is 2.35 bits per heavy atom. The standard InChI is InChI=1S/C17H20N4O5/c1-10(22)20-14(7-12-8-18-9-19-12)16(24)21-15(17(25)26)6-11-2-4-13(23)5-3-11/h2-5,8-9,14-15,23H,6-7H2,1H3,(H,18,19)(H,20,22)(H,21,24)(H,25,26)/t14-,15-/m0/s1. The second-order valence-electron chi connectivity index (χ2n) is 5.80. The average Bonchev–Trinajstić information content (AvgIpc) is 3.08. The highest BCUT2D eigenvalue weighted by molar-refractivity contribution is 5.90. The number of aromatic hydroxyl groups is 1. The van der Waals surface area contributed by atoms with Crippen LogP contribution in [0.25, 0.3) is 0 Å². The Labute approximate surface area is 149 Å². The van der Waals surface area contributed by atoms with Crippen molar-refractivity contribution < 1.29 is 24.6 Å². The number of hydrogen-bond acceptors (Lipinski definition) is 5. The molecule has 2 atom stereocenters. The minimum absolute atomic E-state index is 0.0399. The van der Waals surface area contributed by atoms with Crippen LogP contribution in [0.2, 0.25) is 0 Å². The highest BCUT2D eigenvalue weighted by Gasteiger charge is 2.26. The number of phenols is 1.